The minimum Gasteiger partial charge on any atom is -0.394 e. The number of rotatable bonds is 5. The molecule has 4 nitrogen and oxygen atoms in total. The van der Waals surface area contributed by atoms with Crippen molar-refractivity contribution in [2.45, 2.75) is 39.7 Å². The second-order valence-corrected chi connectivity index (χ2v) is 4.05. The fourth-order valence-electron chi connectivity index (χ4n) is 1.30. The van der Waals surface area contributed by atoms with E-state index in [9.17, 15) is 0 Å². The lowest BCUT2D eigenvalue weighted by Gasteiger charge is -2.17. The molecular formula is C11H18ClN3O. The van der Waals surface area contributed by atoms with Crippen LogP contribution in [-0.2, 0) is 6.42 Å². The highest BCUT2D eigenvalue weighted by Gasteiger charge is 2.11. The first kappa shape index (κ1) is 13.2. The predicted molar refractivity (Wildman–Crippen MR) is 65.9 cm³/mol. The van der Waals surface area contributed by atoms with Crippen LogP contribution in [0.25, 0.3) is 0 Å². The van der Waals surface area contributed by atoms with Gasteiger partial charge in [0.05, 0.1) is 12.6 Å². The molecule has 1 aromatic heterocycles. The van der Waals surface area contributed by atoms with Gasteiger partial charge in [-0.05, 0) is 13.3 Å². The van der Waals surface area contributed by atoms with E-state index in [1.165, 1.54) is 0 Å². The van der Waals surface area contributed by atoms with Crippen molar-refractivity contribution < 1.29 is 5.11 Å². The summed E-state index contributed by atoms with van der Waals surface area (Å²) >= 11 is 6.01. The maximum Gasteiger partial charge on any atom is 0.137 e. The Hall–Kier alpha value is -0.870. The van der Waals surface area contributed by atoms with Crippen LogP contribution in [0.3, 0.4) is 0 Å². The highest BCUT2D eigenvalue weighted by Crippen LogP contribution is 2.21. The van der Waals surface area contributed by atoms with E-state index in [2.05, 4.69) is 15.3 Å². The van der Waals surface area contributed by atoms with Gasteiger partial charge in [-0.3, -0.25) is 0 Å². The fourth-order valence-corrected chi connectivity index (χ4v) is 1.49. The van der Waals surface area contributed by atoms with E-state index in [4.69, 9.17) is 16.7 Å². The average molecular weight is 244 g/mol. The smallest absolute Gasteiger partial charge is 0.137 e. The van der Waals surface area contributed by atoms with Gasteiger partial charge in [0, 0.05) is 12.0 Å². The molecule has 0 saturated carbocycles. The molecule has 0 spiro atoms. The molecule has 1 atom stereocenters. The molecule has 1 heterocycles. The van der Waals surface area contributed by atoms with Crippen molar-refractivity contribution in [3.8, 4) is 0 Å². The number of nitrogens with zero attached hydrogens (tertiary/aromatic N) is 2. The highest BCUT2D eigenvalue weighted by atomic mass is 35.5. The molecule has 5 heteroatoms. The number of hydrogen-bond acceptors (Lipinski definition) is 4. The van der Waals surface area contributed by atoms with Gasteiger partial charge in [0.25, 0.3) is 0 Å². The Morgan fingerprint density at radius 1 is 1.38 bits per heavy atom. The van der Waals surface area contributed by atoms with E-state index in [0.29, 0.717) is 11.0 Å². The Bertz CT molecular complexity index is 353. The van der Waals surface area contributed by atoms with Crippen molar-refractivity contribution in [2.75, 3.05) is 11.9 Å². The van der Waals surface area contributed by atoms with Gasteiger partial charge < -0.3 is 10.4 Å². The van der Waals surface area contributed by atoms with Gasteiger partial charge in [-0.25, -0.2) is 9.97 Å². The third kappa shape index (κ3) is 3.06. The lowest BCUT2D eigenvalue weighted by molar-refractivity contribution is 0.271. The van der Waals surface area contributed by atoms with Crippen LogP contribution in [0.4, 0.5) is 5.82 Å². The average Bonchev–Trinajstić information content (AvgIpc) is 2.30. The second kappa shape index (κ2) is 6.01. The largest absolute Gasteiger partial charge is 0.394 e. The van der Waals surface area contributed by atoms with Crippen LogP contribution in [0.1, 0.15) is 31.7 Å². The van der Waals surface area contributed by atoms with Gasteiger partial charge in [-0.1, -0.05) is 25.4 Å². The van der Waals surface area contributed by atoms with Crippen LogP contribution >= 0.6 is 11.6 Å². The molecule has 0 aliphatic heterocycles. The van der Waals surface area contributed by atoms with Gasteiger partial charge in [0.2, 0.25) is 0 Å². The van der Waals surface area contributed by atoms with E-state index in [-0.39, 0.29) is 12.6 Å². The van der Waals surface area contributed by atoms with Crippen LogP contribution in [0.2, 0.25) is 5.15 Å². The van der Waals surface area contributed by atoms with Crippen molar-refractivity contribution in [2.24, 2.45) is 0 Å². The van der Waals surface area contributed by atoms with E-state index >= 15 is 0 Å². The molecule has 0 aromatic carbocycles. The maximum absolute atomic E-state index is 9.14. The standard InChI is InChI=1S/C11H18ClN3O/c1-4-8(6-16)13-11-7(3)10(12)14-9(5-2)15-11/h8,16H,4-6H2,1-3H3,(H,13,14,15)/t8-/m1/s1. The summed E-state index contributed by atoms with van der Waals surface area (Å²) in [5.41, 5.74) is 0.825. The molecular weight excluding hydrogens is 226 g/mol. The number of aliphatic hydroxyl groups is 1. The van der Waals surface area contributed by atoms with Crippen molar-refractivity contribution in [1.29, 1.82) is 0 Å². The Labute approximate surface area is 101 Å². The van der Waals surface area contributed by atoms with Crippen molar-refractivity contribution in [3.05, 3.63) is 16.5 Å². The molecule has 0 aliphatic rings. The summed E-state index contributed by atoms with van der Waals surface area (Å²) in [6, 6.07) is 0.00868. The number of aliphatic hydroxyl groups excluding tert-OH is 1. The first-order chi connectivity index (χ1) is 7.62. The first-order valence-electron chi connectivity index (χ1n) is 5.52. The Kier molecular flexibility index (Phi) is 4.96. The van der Waals surface area contributed by atoms with Crippen molar-refractivity contribution in [1.82, 2.24) is 9.97 Å². The van der Waals surface area contributed by atoms with Crippen LogP contribution in [-0.4, -0.2) is 27.7 Å². The lowest BCUT2D eigenvalue weighted by Crippen LogP contribution is -2.24. The summed E-state index contributed by atoms with van der Waals surface area (Å²) in [7, 11) is 0. The highest BCUT2D eigenvalue weighted by molar-refractivity contribution is 6.30. The van der Waals surface area contributed by atoms with Crippen LogP contribution in [0, 0.1) is 6.92 Å². The lowest BCUT2D eigenvalue weighted by atomic mass is 10.2. The minimum atomic E-state index is 0.00868. The Balaban J connectivity index is 2.97. The molecule has 0 aliphatic carbocycles. The van der Waals surface area contributed by atoms with E-state index in [0.717, 1.165) is 24.2 Å². The van der Waals surface area contributed by atoms with Crippen LogP contribution in [0.5, 0.6) is 0 Å². The monoisotopic (exact) mass is 243 g/mol. The summed E-state index contributed by atoms with van der Waals surface area (Å²) in [6.07, 6.45) is 1.57. The molecule has 0 fully saturated rings. The summed E-state index contributed by atoms with van der Waals surface area (Å²) in [5, 5.41) is 12.8. The summed E-state index contributed by atoms with van der Waals surface area (Å²) in [5.74, 6) is 1.43. The molecule has 0 bridgehead atoms. The normalized spacial score (nSPS) is 12.6. The molecule has 0 saturated heterocycles. The third-order valence-corrected chi connectivity index (χ3v) is 2.87. The van der Waals surface area contributed by atoms with Gasteiger partial charge in [0.15, 0.2) is 0 Å². The Morgan fingerprint density at radius 2 is 2.06 bits per heavy atom. The first-order valence-corrected chi connectivity index (χ1v) is 5.90. The minimum absolute atomic E-state index is 0.00868. The fraction of sp³-hybridized carbons (Fsp3) is 0.636. The molecule has 90 valence electrons. The van der Waals surface area contributed by atoms with Gasteiger partial charge in [-0.2, -0.15) is 0 Å². The summed E-state index contributed by atoms with van der Waals surface area (Å²) in [4.78, 5) is 8.53. The quantitative estimate of drug-likeness (QED) is 0.779. The number of halogens is 1. The summed E-state index contributed by atoms with van der Waals surface area (Å²) < 4.78 is 0. The topological polar surface area (TPSA) is 58.0 Å². The zero-order valence-corrected chi connectivity index (χ0v) is 10.7. The Morgan fingerprint density at radius 3 is 2.56 bits per heavy atom. The zero-order valence-electron chi connectivity index (χ0n) is 9.92. The summed E-state index contributed by atoms with van der Waals surface area (Å²) in [6.45, 7) is 5.94. The van der Waals surface area contributed by atoms with E-state index in [1.54, 1.807) is 0 Å². The van der Waals surface area contributed by atoms with E-state index in [1.807, 2.05) is 20.8 Å². The van der Waals surface area contributed by atoms with Gasteiger partial charge in [-0.15, -0.1) is 0 Å². The molecule has 0 amide bonds. The predicted octanol–water partition coefficient (Wildman–Crippen LogP) is 2.18. The van der Waals surface area contributed by atoms with Crippen molar-refractivity contribution >= 4 is 17.4 Å². The SMILES string of the molecule is CCc1nc(Cl)c(C)c(N[C@H](CC)CO)n1. The van der Waals surface area contributed by atoms with Crippen molar-refractivity contribution in [3.63, 3.8) is 0 Å². The van der Waals surface area contributed by atoms with E-state index < -0.39 is 0 Å². The number of hydrogen-bond donors (Lipinski definition) is 2. The van der Waals surface area contributed by atoms with Crippen LogP contribution < -0.4 is 5.32 Å². The third-order valence-electron chi connectivity index (χ3n) is 2.50. The molecule has 1 aromatic rings. The molecule has 0 radical (unpaired) electrons. The van der Waals surface area contributed by atoms with Gasteiger partial charge >= 0.3 is 0 Å². The number of nitrogens with one attached hydrogen (secondary N) is 1. The van der Waals surface area contributed by atoms with Crippen LogP contribution in [0.15, 0.2) is 0 Å². The number of anilines is 1. The molecule has 0 unspecified atom stereocenters. The molecule has 16 heavy (non-hydrogen) atoms. The molecule has 2 N–H and O–H groups in total. The number of aryl methyl sites for hydroxylation is 1. The molecule has 1 rings (SSSR count). The number of aromatic nitrogens is 2. The zero-order chi connectivity index (χ0) is 12.1. The maximum atomic E-state index is 9.14. The van der Waals surface area contributed by atoms with Gasteiger partial charge in [0.1, 0.15) is 16.8 Å². The second-order valence-electron chi connectivity index (χ2n) is 3.69.